The van der Waals surface area contributed by atoms with Crippen LogP contribution in [0.3, 0.4) is 0 Å². The van der Waals surface area contributed by atoms with E-state index in [9.17, 15) is 0 Å². The Bertz CT molecular complexity index is 58.1. The van der Waals surface area contributed by atoms with Crippen LogP contribution in [0.5, 0.6) is 0 Å². The SMILES string of the molecule is CC(C)C(O)N(C)C.[Zr]. The van der Waals surface area contributed by atoms with Crippen molar-refractivity contribution in [3.63, 3.8) is 0 Å². The summed E-state index contributed by atoms with van der Waals surface area (Å²) in [6.07, 6.45) is -0.296. The zero-order valence-electron chi connectivity index (χ0n) is 6.55. The van der Waals surface area contributed by atoms with Crippen LogP contribution in [-0.2, 0) is 26.2 Å². The second-order valence-corrected chi connectivity index (χ2v) is 2.62. The maximum Gasteiger partial charge on any atom is 0.109 e. The van der Waals surface area contributed by atoms with Gasteiger partial charge in [-0.2, -0.15) is 0 Å². The minimum Gasteiger partial charge on any atom is -0.378 e. The summed E-state index contributed by atoms with van der Waals surface area (Å²) >= 11 is 0. The molecule has 1 unspecified atom stereocenters. The molecule has 2 nitrogen and oxygen atoms in total. The molecule has 0 radical (unpaired) electrons. The number of rotatable bonds is 2. The summed E-state index contributed by atoms with van der Waals surface area (Å²) in [5.41, 5.74) is 0. The molecular formula is C6H15NOZr. The van der Waals surface area contributed by atoms with E-state index in [0.29, 0.717) is 5.92 Å². The van der Waals surface area contributed by atoms with E-state index < -0.39 is 0 Å². The Morgan fingerprint density at radius 3 is 1.56 bits per heavy atom. The first-order valence-corrected chi connectivity index (χ1v) is 2.90. The van der Waals surface area contributed by atoms with Gasteiger partial charge in [-0.1, -0.05) is 13.8 Å². The molecule has 0 amide bonds. The molecule has 0 rings (SSSR count). The van der Waals surface area contributed by atoms with Crippen LogP contribution in [0.25, 0.3) is 0 Å². The summed E-state index contributed by atoms with van der Waals surface area (Å²) in [7, 11) is 3.73. The third-order valence-corrected chi connectivity index (χ3v) is 1.13. The molecule has 1 N–H and O–H groups in total. The van der Waals surface area contributed by atoms with Gasteiger partial charge in [0.25, 0.3) is 0 Å². The van der Waals surface area contributed by atoms with Gasteiger partial charge in [0.1, 0.15) is 6.23 Å². The van der Waals surface area contributed by atoms with E-state index in [0.717, 1.165) is 0 Å². The predicted octanol–water partition coefficient (Wildman–Crippen LogP) is 0.520. The first kappa shape index (κ1) is 12.5. The average Bonchev–Trinajstić information content (AvgIpc) is 1.64. The smallest absolute Gasteiger partial charge is 0.109 e. The van der Waals surface area contributed by atoms with E-state index >= 15 is 0 Å². The topological polar surface area (TPSA) is 23.5 Å². The van der Waals surface area contributed by atoms with Gasteiger partial charge in [-0.05, 0) is 20.0 Å². The van der Waals surface area contributed by atoms with Gasteiger partial charge >= 0.3 is 0 Å². The van der Waals surface area contributed by atoms with Crippen LogP contribution in [0.2, 0.25) is 0 Å². The van der Waals surface area contributed by atoms with Gasteiger partial charge in [0.05, 0.1) is 0 Å². The maximum absolute atomic E-state index is 9.13. The molecule has 0 aromatic heterocycles. The van der Waals surface area contributed by atoms with Crippen molar-refractivity contribution < 1.29 is 31.3 Å². The minimum atomic E-state index is -0.296. The summed E-state index contributed by atoms with van der Waals surface area (Å²) in [5, 5.41) is 9.13. The Hall–Kier alpha value is 0.803. The third-order valence-electron chi connectivity index (χ3n) is 1.13. The van der Waals surface area contributed by atoms with E-state index in [2.05, 4.69) is 0 Å². The molecular weight excluding hydrogens is 193 g/mol. The number of nitrogens with zero attached hydrogens (tertiary/aromatic N) is 1. The first-order valence-electron chi connectivity index (χ1n) is 2.90. The molecule has 0 aliphatic rings. The van der Waals surface area contributed by atoms with E-state index in [1.165, 1.54) is 0 Å². The molecule has 0 aliphatic heterocycles. The normalized spacial score (nSPS) is 13.7. The minimum absolute atomic E-state index is 0. The van der Waals surface area contributed by atoms with E-state index in [-0.39, 0.29) is 32.4 Å². The molecule has 0 aliphatic carbocycles. The molecule has 0 bridgehead atoms. The van der Waals surface area contributed by atoms with Crippen molar-refractivity contribution in [2.45, 2.75) is 20.1 Å². The Morgan fingerprint density at radius 2 is 1.56 bits per heavy atom. The van der Waals surface area contributed by atoms with Crippen molar-refractivity contribution in [3.05, 3.63) is 0 Å². The molecule has 0 heterocycles. The van der Waals surface area contributed by atoms with Gasteiger partial charge in [-0.25, -0.2) is 0 Å². The fraction of sp³-hybridized carbons (Fsp3) is 1.00. The van der Waals surface area contributed by atoms with Crippen LogP contribution in [0.15, 0.2) is 0 Å². The predicted molar refractivity (Wildman–Crippen MR) is 34.5 cm³/mol. The van der Waals surface area contributed by atoms with Crippen LogP contribution >= 0.6 is 0 Å². The van der Waals surface area contributed by atoms with E-state index in [1.807, 2.05) is 27.9 Å². The molecule has 9 heavy (non-hydrogen) atoms. The monoisotopic (exact) mass is 207 g/mol. The zero-order chi connectivity index (χ0) is 6.73. The summed E-state index contributed by atoms with van der Waals surface area (Å²) in [6.45, 7) is 3.98. The van der Waals surface area contributed by atoms with Crippen LogP contribution in [0, 0.1) is 5.92 Å². The van der Waals surface area contributed by atoms with Crippen molar-refractivity contribution in [2.75, 3.05) is 14.1 Å². The molecule has 0 fully saturated rings. The molecule has 54 valence electrons. The van der Waals surface area contributed by atoms with Gasteiger partial charge in [0, 0.05) is 26.2 Å². The number of aliphatic hydroxyl groups excluding tert-OH is 1. The number of hydrogen-bond donors (Lipinski definition) is 1. The van der Waals surface area contributed by atoms with Crippen molar-refractivity contribution in [1.29, 1.82) is 0 Å². The molecule has 3 heteroatoms. The molecule has 1 atom stereocenters. The molecule has 0 saturated heterocycles. The quantitative estimate of drug-likeness (QED) is 0.669. The van der Waals surface area contributed by atoms with Crippen LogP contribution in [-0.4, -0.2) is 30.3 Å². The Kier molecular flexibility index (Phi) is 7.73. The maximum atomic E-state index is 9.13. The van der Waals surface area contributed by atoms with Gasteiger partial charge in [0.2, 0.25) is 0 Å². The zero-order valence-corrected chi connectivity index (χ0v) is 9.01. The Balaban J connectivity index is 0. The molecule has 0 aromatic rings. The van der Waals surface area contributed by atoms with Crippen LogP contribution in [0.4, 0.5) is 0 Å². The Morgan fingerprint density at radius 1 is 1.22 bits per heavy atom. The molecule has 0 saturated carbocycles. The van der Waals surface area contributed by atoms with Gasteiger partial charge in [-0.15, -0.1) is 0 Å². The van der Waals surface area contributed by atoms with Crippen LogP contribution in [0.1, 0.15) is 13.8 Å². The number of aliphatic hydroxyl groups is 1. The van der Waals surface area contributed by atoms with Gasteiger partial charge < -0.3 is 5.11 Å². The fourth-order valence-electron chi connectivity index (χ4n) is 0.596. The van der Waals surface area contributed by atoms with Crippen molar-refractivity contribution in [2.24, 2.45) is 5.92 Å². The summed E-state index contributed by atoms with van der Waals surface area (Å²) in [4.78, 5) is 1.80. The second-order valence-electron chi connectivity index (χ2n) is 2.62. The summed E-state index contributed by atoms with van der Waals surface area (Å²) in [6, 6.07) is 0. The van der Waals surface area contributed by atoms with Crippen molar-refractivity contribution in [1.82, 2.24) is 4.90 Å². The largest absolute Gasteiger partial charge is 0.378 e. The fourth-order valence-corrected chi connectivity index (χ4v) is 0.596. The average molecular weight is 208 g/mol. The molecule has 0 aromatic carbocycles. The second kappa shape index (κ2) is 5.58. The van der Waals surface area contributed by atoms with Gasteiger partial charge in [-0.3, -0.25) is 4.90 Å². The Labute approximate surface area is 76.4 Å². The summed E-state index contributed by atoms with van der Waals surface area (Å²) in [5.74, 6) is 0.324. The van der Waals surface area contributed by atoms with Gasteiger partial charge in [0.15, 0.2) is 0 Å². The van der Waals surface area contributed by atoms with E-state index in [1.54, 1.807) is 4.90 Å². The van der Waals surface area contributed by atoms with E-state index in [4.69, 9.17) is 5.11 Å². The standard InChI is InChI=1S/C6H15NO.Zr/c1-5(2)6(8)7(3)4;/h5-6,8H,1-4H3;. The molecule has 0 spiro atoms. The number of hydrogen-bond acceptors (Lipinski definition) is 2. The van der Waals surface area contributed by atoms with Crippen LogP contribution < -0.4 is 0 Å². The summed E-state index contributed by atoms with van der Waals surface area (Å²) < 4.78 is 0. The first-order chi connectivity index (χ1) is 3.55. The van der Waals surface area contributed by atoms with Crippen molar-refractivity contribution in [3.8, 4) is 0 Å². The third kappa shape index (κ3) is 5.26. The van der Waals surface area contributed by atoms with Crippen molar-refractivity contribution >= 4 is 0 Å².